The topological polar surface area (TPSA) is 88.9 Å². The van der Waals surface area contributed by atoms with E-state index in [1.165, 1.54) is 0 Å². The van der Waals surface area contributed by atoms with Crippen molar-refractivity contribution in [2.24, 2.45) is 0 Å². The van der Waals surface area contributed by atoms with E-state index in [1.54, 1.807) is 54.4 Å². The smallest absolute Gasteiger partial charge is 0.240 e. The van der Waals surface area contributed by atoms with Gasteiger partial charge in [0.05, 0.1) is 24.0 Å². The van der Waals surface area contributed by atoms with Crippen molar-refractivity contribution in [2.45, 2.75) is 12.2 Å². The van der Waals surface area contributed by atoms with Crippen LogP contribution in [-0.4, -0.2) is 39.4 Å². The normalized spacial score (nSPS) is 11.2. The Bertz CT molecular complexity index is 1090. The summed E-state index contributed by atoms with van der Waals surface area (Å²) in [5, 5.41) is 2.80. The lowest BCUT2D eigenvalue weighted by Crippen LogP contribution is -2.40. The lowest BCUT2D eigenvalue weighted by atomic mass is 10.3. The van der Waals surface area contributed by atoms with Gasteiger partial charge in [0.15, 0.2) is 5.75 Å². The van der Waals surface area contributed by atoms with Crippen LogP contribution in [0, 0.1) is 0 Å². The summed E-state index contributed by atoms with van der Waals surface area (Å²) in [6, 6.07) is 19.6. The number of carbonyl (C=O) groups excluding carboxylic acids is 1. The number of hydrogen-bond donors (Lipinski definition) is 1. The Morgan fingerprint density at radius 2 is 1.81 bits per heavy atom. The van der Waals surface area contributed by atoms with Crippen molar-refractivity contribution < 1.29 is 22.4 Å². The minimum absolute atomic E-state index is 0.308. The van der Waals surface area contributed by atoms with Crippen molar-refractivity contribution in [1.29, 1.82) is 0 Å². The van der Waals surface area contributed by atoms with Gasteiger partial charge >= 0.3 is 0 Å². The zero-order valence-electron chi connectivity index (χ0n) is 17.8. The SMILES string of the molecule is CS(=O)(=O)N(CC(=O)NCCCSCc1ccco1)c1ccccc1Oc1ccccc1. The molecule has 32 heavy (non-hydrogen) atoms. The molecule has 9 heteroatoms. The molecule has 0 saturated heterocycles. The van der Waals surface area contributed by atoms with Crippen molar-refractivity contribution in [1.82, 2.24) is 5.32 Å². The Morgan fingerprint density at radius 1 is 1.06 bits per heavy atom. The highest BCUT2D eigenvalue weighted by Gasteiger charge is 2.24. The first kappa shape index (κ1) is 23.7. The van der Waals surface area contributed by atoms with E-state index in [9.17, 15) is 13.2 Å². The molecule has 1 heterocycles. The first-order valence-corrected chi connectivity index (χ1v) is 13.1. The van der Waals surface area contributed by atoms with Crippen LogP contribution in [0.5, 0.6) is 11.5 Å². The van der Waals surface area contributed by atoms with E-state index in [4.69, 9.17) is 9.15 Å². The third-order valence-corrected chi connectivity index (χ3v) is 6.60. The molecule has 0 spiro atoms. The van der Waals surface area contributed by atoms with Crippen LogP contribution in [0.1, 0.15) is 12.2 Å². The van der Waals surface area contributed by atoms with Gasteiger partial charge in [-0.2, -0.15) is 11.8 Å². The van der Waals surface area contributed by atoms with Gasteiger partial charge in [0, 0.05) is 6.54 Å². The van der Waals surface area contributed by atoms with Crippen LogP contribution in [0.2, 0.25) is 0 Å². The molecular formula is C23H26N2O5S2. The molecule has 0 unspecified atom stereocenters. The number of thioether (sulfide) groups is 1. The van der Waals surface area contributed by atoms with E-state index < -0.39 is 10.0 Å². The second-order valence-corrected chi connectivity index (χ2v) is 10.00. The maximum absolute atomic E-state index is 12.5. The predicted molar refractivity (Wildman–Crippen MR) is 128 cm³/mol. The summed E-state index contributed by atoms with van der Waals surface area (Å²) in [7, 11) is -3.71. The second kappa shape index (κ2) is 11.6. The van der Waals surface area contributed by atoms with E-state index in [0.717, 1.165) is 34.2 Å². The van der Waals surface area contributed by atoms with Gasteiger partial charge in [0.2, 0.25) is 15.9 Å². The van der Waals surface area contributed by atoms with E-state index >= 15 is 0 Å². The molecule has 0 bridgehead atoms. The Kier molecular flexibility index (Phi) is 8.64. The predicted octanol–water partition coefficient (Wildman–Crippen LogP) is 4.28. The molecule has 0 aliphatic heterocycles. The molecule has 0 fully saturated rings. The summed E-state index contributed by atoms with van der Waals surface area (Å²) in [5.41, 5.74) is 0.308. The average Bonchev–Trinajstić information content (AvgIpc) is 3.29. The van der Waals surface area contributed by atoms with Gasteiger partial charge in [-0.3, -0.25) is 9.10 Å². The number of rotatable bonds is 12. The van der Waals surface area contributed by atoms with Gasteiger partial charge in [0.25, 0.3) is 0 Å². The highest BCUT2D eigenvalue weighted by atomic mass is 32.2. The Balaban J connectivity index is 1.57. The number of para-hydroxylation sites is 3. The third-order valence-electron chi connectivity index (χ3n) is 4.40. The van der Waals surface area contributed by atoms with Gasteiger partial charge in [-0.15, -0.1) is 0 Å². The number of hydrogen-bond acceptors (Lipinski definition) is 6. The van der Waals surface area contributed by atoms with E-state index in [1.807, 2.05) is 30.3 Å². The maximum Gasteiger partial charge on any atom is 0.240 e. The molecule has 0 atom stereocenters. The minimum atomic E-state index is -3.71. The molecule has 0 aliphatic carbocycles. The quantitative estimate of drug-likeness (QED) is 0.394. The summed E-state index contributed by atoms with van der Waals surface area (Å²) in [4.78, 5) is 12.5. The van der Waals surface area contributed by atoms with Gasteiger partial charge < -0.3 is 14.5 Å². The zero-order chi connectivity index (χ0) is 22.8. The maximum atomic E-state index is 12.5. The van der Waals surface area contributed by atoms with Gasteiger partial charge in [-0.1, -0.05) is 30.3 Å². The largest absolute Gasteiger partial charge is 0.468 e. The number of sulfonamides is 1. The molecule has 1 aromatic heterocycles. The Morgan fingerprint density at radius 3 is 2.53 bits per heavy atom. The number of ether oxygens (including phenoxy) is 1. The second-order valence-electron chi connectivity index (χ2n) is 6.99. The van der Waals surface area contributed by atoms with Gasteiger partial charge in [-0.05, 0) is 48.6 Å². The van der Waals surface area contributed by atoms with Crippen molar-refractivity contribution in [3.8, 4) is 11.5 Å². The van der Waals surface area contributed by atoms with Crippen LogP contribution < -0.4 is 14.4 Å². The number of anilines is 1. The van der Waals surface area contributed by atoms with Gasteiger partial charge in [-0.25, -0.2) is 8.42 Å². The van der Waals surface area contributed by atoms with Crippen LogP contribution in [0.3, 0.4) is 0 Å². The van der Waals surface area contributed by atoms with Crippen LogP contribution >= 0.6 is 11.8 Å². The number of nitrogens with one attached hydrogen (secondary N) is 1. The number of benzene rings is 2. The highest BCUT2D eigenvalue weighted by molar-refractivity contribution is 7.98. The number of furan rings is 1. The van der Waals surface area contributed by atoms with Crippen molar-refractivity contribution >= 4 is 33.4 Å². The molecule has 2 aromatic carbocycles. The monoisotopic (exact) mass is 474 g/mol. The van der Waals surface area contributed by atoms with E-state index in [2.05, 4.69) is 5.32 Å². The number of carbonyl (C=O) groups is 1. The lowest BCUT2D eigenvalue weighted by Gasteiger charge is -2.24. The summed E-state index contributed by atoms with van der Waals surface area (Å²) in [6.07, 6.45) is 3.49. The van der Waals surface area contributed by atoms with Crippen molar-refractivity contribution in [3.63, 3.8) is 0 Å². The molecule has 1 N–H and O–H groups in total. The third kappa shape index (κ3) is 7.35. The number of nitrogens with zero attached hydrogens (tertiary/aromatic N) is 1. The fourth-order valence-corrected chi connectivity index (χ4v) is 4.62. The van der Waals surface area contributed by atoms with Crippen LogP contribution in [0.25, 0.3) is 0 Å². The number of amides is 1. The fourth-order valence-electron chi connectivity index (χ4n) is 2.90. The summed E-state index contributed by atoms with van der Waals surface area (Å²) < 4.78 is 37.2. The molecule has 0 radical (unpaired) electrons. The molecular weight excluding hydrogens is 448 g/mol. The van der Waals surface area contributed by atoms with Crippen molar-refractivity contribution in [2.75, 3.05) is 29.4 Å². The molecule has 3 aromatic rings. The van der Waals surface area contributed by atoms with E-state index in [0.29, 0.717) is 23.7 Å². The molecule has 1 amide bonds. The lowest BCUT2D eigenvalue weighted by molar-refractivity contribution is -0.119. The first-order valence-electron chi connectivity index (χ1n) is 10.1. The highest BCUT2D eigenvalue weighted by Crippen LogP contribution is 2.33. The van der Waals surface area contributed by atoms with Crippen LogP contribution in [0.4, 0.5) is 5.69 Å². The van der Waals surface area contributed by atoms with Gasteiger partial charge in [0.1, 0.15) is 18.1 Å². The standard InChI is InChI=1S/C23H26N2O5S2/c1-32(27,28)25(17-23(26)24-14-8-16-31-18-20-11-7-15-29-20)21-12-5-6-13-22(21)30-19-9-3-2-4-10-19/h2-7,9-13,15H,8,14,16-18H2,1H3,(H,24,26). The molecule has 0 saturated carbocycles. The Hall–Kier alpha value is -2.91. The molecule has 170 valence electrons. The van der Waals surface area contributed by atoms with Crippen LogP contribution in [-0.2, 0) is 20.6 Å². The first-order chi connectivity index (χ1) is 15.4. The van der Waals surface area contributed by atoms with E-state index in [-0.39, 0.29) is 12.5 Å². The summed E-state index contributed by atoms with van der Waals surface area (Å²) in [5.74, 6) is 3.10. The summed E-state index contributed by atoms with van der Waals surface area (Å²) >= 11 is 1.71. The summed E-state index contributed by atoms with van der Waals surface area (Å²) in [6.45, 7) is 0.136. The Labute approximate surface area is 192 Å². The van der Waals surface area contributed by atoms with Crippen LogP contribution in [0.15, 0.2) is 77.4 Å². The molecule has 3 rings (SSSR count). The fraction of sp³-hybridized carbons (Fsp3) is 0.261. The minimum Gasteiger partial charge on any atom is -0.468 e. The van der Waals surface area contributed by atoms with Crippen molar-refractivity contribution in [3.05, 3.63) is 78.8 Å². The zero-order valence-corrected chi connectivity index (χ0v) is 19.4. The molecule has 0 aliphatic rings. The average molecular weight is 475 g/mol. The molecule has 7 nitrogen and oxygen atoms in total.